The fraction of sp³-hybridized carbons (Fsp3) is 0.615. The highest BCUT2D eigenvalue weighted by molar-refractivity contribution is 7.13. The lowest BCUT2D eigenvalue weighted by Crippen LogP contribution is -2.54. The molecule has 1 saturated carbocycles. The van der Waals surface area contributed by atoms with E-state index in [-0.39, 0.29) is 29.9 Å². The summed E-state index contributed by atoms with van der Waals surface area (Å²) in [5.74, 6) is 0.168. The maximum Gasteiger partial charge on any atom is 0.318 e. The van der Waals surface area contributed by atoms with Crippen LogP contribution in [0.5, 0.6) is 0 Å². The van der Waals surface area contributed by atoms with E-state index in [0.717, 1.165) is 19.3 Å². The van der Waals surface area contributed by atoms with Crippen LogP contribution in [0.3, 0.4) is 0 Å². The van der Waals surface area contributed by atoms with E-state index in [0.29, 0.717) is 11.7 Å². The number of hydrogen-bond acceptors (Lipinski definition) is 4. The molecule has 2 heterocycles. The number of rotatable bonds is 3. The Kier molecular flexibility index (Phi) is 3.60. The number of amides is 3. The summed E-state index contributed by atoms with van der Waals surface area (Å²) in [6.07, 6.45) is 4.62. The highest BCUT2D eigenvalue weighted by atomic mass is 32.1. The summed E-state index contributed by atoms with van der Waals surface area (Å²) in [5, 5.41) is 8.04. The van der Waals surface area contributed by atoms with Gasteiger partial charge < -0.3 is 15.5 Å². The topological polar surface area (TPSA) is 74.3 Å². The number of hydrogen-bond donors (Lipinski definition) is 2. The minimum Gasteiger partial charge on any atom is -0.338 e. The van der Waals surface area contributed by atoms with E-state index >= 15 is 0 Å². The van der Waals surface area contributed by atoms with Gasteiger partial charge in [0.2, 0.25) is 5.91 Å². The van der Waals surface area contributed by atoms with Gasteiger partial charge in [-0.25, -0.2) is 9.78 Å². The SMILES string of the molecule is CCNC(=O)N1C2CCC(C2)C1C(=O)Nc1nccs1. The molecule has 1 aliphatic heterocycles. The monoisotopic (exact) mass is 294 g/mol. The Morgan fingerprint density at radius 2 is 2.35 bits per heavy atom. The fourth-order valence-corrected chi connectivity index (χ4v) is 3.86. The van der Waals surface area contributed by atoms with Crippen molar-refractivity contribution in [2.75, 3.05) is 11.9 Å². The number of thiazole rings is 1. The van der Waals surface area contributed by atoms with Gasteiger partial charge in [0, 0.05) is 24.2 Å². The maximum atomic E-state index is 12.5. The molecule has 0 spiro atoms. The molecule has 1 aromatic rings. The van der Waals surface area contributed by atoms with Crippen LogP contribution in [-0.4, -0.2) is 40.5 Å². The Morgan fingerprint density at radius 3 is 3.05 bits per heavy atom. The molecule has 0 radical (unpaired) electrons. The van der Waals surface area contributed by atoms with Crippen LogP contribution in [0, 0.1) is 5.92 Å². The minimum atomic E-state index is -0.357. The van der Waals surface area contributed by atoms with Gasteiger partial charge in [-0.1, -0.05) is 0 Å². The molecule has 6 nitrogen and oxygen atoms in total. The van der Waals surface area contributed by atoms with Gasteiger partial charge in [0.1, 0.15) is 6.04 Å². The lowest BCUT2D eigenvalue weighted by Gasteiger charge is -2.34. The van der Waals surface area contributed by atoms with Gasteiger partial charge >= 0.3 is 6.03 Å². The number of piperidine rings is 1. The Balaban J connectivity index is 1.75. The number of anilines is 1. The summed E-state index contributed by atoms with van der Waals surface area (Å²) in [6.45, 7) is 2.46. The van der Waals surface area contributed by atoms with Crippen LogP contribution in [-0.2, 0) is 4.79 Å². The van der Waals surface area contributed by atoms with Gasteiger partial charge in [-0.15, -0.1) is 11.3 Å². The largest absolute Gasteiger partial charge is 0.338 e. The Hall–Kier alpha value is -1.63. The molecule has 1 aromatic heterocycles. The number of likely N-dealkylation sites (tertiary alicyclic amines) is 1. The van der Waals surface area contributed by atoms with E-state index in [4.69, 9.17) is 0 Å². The number of carbonyl (C=O) groups excluding carboxylic acids is 2. The molecular weight excluding hydrogens is 276 g/mol. The highest BCUT2D eigenvalue weighted by Gasteiger charge is 2.51. The van der Waals surface area contributed by atoms with E-state index < -0.39 is 0 Å². The van der Waals surface area contributed by atoms with Crippen molar-refractivity contribution in [3.63, 3.8) is 0 Å². The Labute approximate surface area is 121 Å². The molecule has 2 aliphatic rings. The van der Waals surface area contributed by atoms with Gasteiger partial charge in [-0.3, -0.25) is 4.79 Å². The third-order valence-corrected chi connectivity index (χ3v) is 4.77. The second-order valence-electron chi connectivity index (χ2n) is 5.24. The third-order valence-electron chi connectivity index (χ3n) is 4.08. The molecule has 2 N–H and O–H groups in total. The number of carbonyl (C=O) groups is 2. The highest BCUT2D eigenvalue weighted by Crippen LogP contribution is 2.42. The molecule has 2 bridgehead atoms. The summed E-state index contributed by atoms with van der Waals surface area (Å²) in [5.41, 5.74) is 0. The average Bonchev–Trinajstić information content (AvgIpc) is 3.14. The second kappa shape index (κ2) is 5.40. The summed E-state index contributed by atoms with van der Waals surface area (Å²) in [6, 6.07) is -0.276. The molecule has 3 rings (SSSR count). The fourth-order valence-electron chi connectivity index (χ4n) is 3.32. The zero-order valence-electron chi connectivity index (χ0n) is 11.3. The van der Waals surface area contributed by atoms with Gasteiger partial charge in [-0.05, 0) is 32.1 Å². The first-order valence-corrected chi connectivity index (χ1v) is 7.85. The molecule has 7 heteroatoms. The van der Waals surface area contributed by atoms with Crippen LogP contribution in [0.15, 0.2) is 11.6 Å². The second-order valence-corrected chi connectivity index (χ2v) is 6.14. The summed E-state index contributed by atoms with van der Waals surface area (Å²) in [7, 11) is 0. The first-order valence-electron chi connectivity index (χ1n) is 6.97. The average molecular weight is 294 g/mol. The van der Waals surface area contributed by atoms with Crippen LogP contribution in [0.4, 0.5) is 9.93 Å². The molecule has 20 heavy (non-hydrogen) atoms. The smallest absolute Gasteiger partial charge is 0.318 e. The Morgan fingerprint density at radius 1 is 1.50 bits per heavy atom. The zero-order chi connectivity index (χ0) is 14.1. The van der Waals surface area contributed by atoms with Crippen LogP contribution < -0.4 is 10.6 Å². The van der Waals surface area contributed by atoms with Crippen molar-refractivity contribution in [2.45, 2.75) is 38.3 Å². The molecule has 3 unspecified atom stereocenters. The van der Waals surface area contributed by atoms with Crippen molar-refractivity contribution in [1.82, 2.24) is 15.2 Å². The van der Waals surface area contributed by atoms with E-state index in [9.17, 15) is 9.59 Å². The molecule has 0 aromatic carbocycles. The van der Waals surface area contributed by atoms with Crippen molar-refractivity contribution in [3.05, 3.63) is 11.6 Å². The molecule has 3 atom stereocenters. The van der Waals surface area contributed by atoms with Gasteiger partial charge in [0.25, 0.3) is 0 Å². The van der Waals surface area contributed by atoms with Crippen LogP contribution in [0.25, 0.3) is 0 Å². The normalized spacial score (nSPS) is 27.6. The molecule has 2 fully saturated rings. The van der Waals surface area contributed by atoms with Gasteiger partial charge in [0.15, 0.2) is 5.13 Å². The van der Waals surface area contributed by atoms with Gasteiger partial charge in [-0.2, -0.15) is 0 Å². The standard InChI is InChI=1S/C13H18N4O2S/c1-2-14-13(19)17-9-4-3-8(7-9)10(17)11(18)16-12-15-5-6-20-12/h5-6,8-10H,2-4,7H2,1H3,(H,14,19)(H,15,16,18). The van der Waals surface area contributed by atoms with E-state index in [1.807, 2.05) is 12.3 Å². The molecule has 108 valence electrons. The van der Waals surface area contributed by atoms with Crippen molar-refractivity contribution in [2.24, 2.45) is 5.92 Å². The Bertz CT molecular complexity index is 504. The van der Waals surface area contributed by atoms with Crippen molar-refractivity contribution < 1.29 is 9.59 Å². The number of fused-ring (bicyclic) bond motifs is 2. The molecule has 1 saturated heterocycles. The maximum absolute atomic E-state index is 12.5. The summed E-state index contributed by atoms with van der Waals surface area (Å²) in [4.78, 5) is 30.4. The van der Waals surface area contributed by atoms with E-state index in [1.54, 1.807) is 11.1 Å². The van der Waals surface area contributed by atoms with Crippen LogP contribution in [0.1, 0.15) is 26.2 Å². The molecule has 1 aliphatic carbocycles. The van der Waals surface area contributed by atoms with Crippen molar-refractivity contribution in [3.8, 4) is 0 Å². The predicted molar refractivity (Wildman–Crippen MR) is 76.6 cm³/mol. The van der Waals surface area contributed by atoms with E-state index in [1.165, 1.54) is 11.3 Å². The molecule has 3 amide bonds. The minimum absolute atomic E-state index is 0.113. The van der Waals surface area contributed by atoms with Crippen LogP contribution >= 0.6 is 11.3 Å². The summed E-state index contributed by atoms with van der Waals surface area (Å²) >= 11 is 1.39. The lowest BCUT2D eigenvalue weighted by molar-refractivity contribution is -0.121. The number of urea groups is 1. The van der Waals surface area contributed by atoms with E-state index in [2.05, 4.69) is 15.6 Å². The number of nitrogens with one attached hydrogen (secondary N) is 2. The summed E-state index contributed by atoms with van der Waals surface area (Å²) < 4.78 is 0. The zero-order valence-corrected chi connectivity index (χ0v) is 12.2. The van der Waals surface area contributed by atoms with Crippen LogP contribution in [0.2, 0.25) is 0 Å². The number of nitrogens with zero attached hydrogens (tertiary/aromatic N) is 2. The van der Waals surface area contributed by atoms with Crippen molar-refractivity contribution in [1.29, 1.82) is 0 Å². The predicted octanol–water partition coefficient (Wildman–Crippen LogP) is 1.66. The first-order chi connectivity index (χ1) is 9.70. The quantitative estimate of drug-likeness (QED) is 0.890. The van der Waals surface area contributed by atoms with Crippen molar-refractivity contribution >= 4 is 28.4 Å². The lowest BCUT2D eigenvalue weighted by atomic mass is 9.98. The molecular formula is C13H18N4O2S. The third kappa shape index (κ3) is 2.26. The number of aromatic nitrogens is 1. The first kappa shape index (κ1) is 13.4. The van der Waals surface area contributed by atoms with Gasteiger partial charge in [0.05, 0.1) is 0 Å².